The molecule has 0 unspecified atom stereocenters. The molecule has 3 nitrogen and oxygen atoms in total. The highest BCUT2D eigenvalue weighted by Crippen LogP contribution is 2.37. The summed E-state index contributed by atoms with van der Waals surface area (Å²) in [4.78, 5) is 6.28. The van der Waals surface area contributed by atoms with Crippen LogP contribution in [-0.4, -0.2) is 11.0 Å². The smallest absolute Gasteiger partial charge is 0.159 e. The SMILES string of the molecule is C=CN(c1c(C)ccc2c1oc1cnccc12)C(C)C. The van der Waals surface area contributed by atoms with E-state index in [0.29, 0.717) is 6.04 Å². The molecule has 3 heteroatoms. The molecule has 0 atom stereocenters. The standard InChI is InChI=1S/C17H18N2O/c1-5-19(11(2)3)16-12(4)6-7-14-13-8-9-18-10-15(13)20-17(14)16/h5-11H,1H2,2-4H3. The van der Waals surface area contributed by atoms with Crippen molar-refractivity contribution in [2.45, 2.75) is 26.8 Å². The van der Waals surface area contributed by atoms with Crippen LogP contribution in [0.15, 0.2) is 47.8 Å². The Balaban J connectivity index is 2.40. The van der Waals surface area contributed by atoms with Gasteiger partial charge in [0.15, 0.2) is 11.2 Å². The van der Waals surface area contributed by atoms with Crippen molar-refractivity contribution in [2.24, 2.45) is 0 Å². The summed E-state index contributed by atoms with van der Waals surface area (Å²) in [6.07, 6.45) is 5.42. The molecule has 3 rings (SSSR count). The van der Waals surface area contributed by atoms with Gasteiger partial charge in [-0.05, 0) is 38.6 Å². The first-order chi connectivity index (χ1) is 9.63. The van der Waals surface area contributed by atoms with E-state index >= 15 is 0 Å². The fourth-order valence-electron chi connectivity index (χ4n) is 2.66. The van der Waals surface area contributed by atoms with Gasteiger partial charge in [0.25, 0.3) is 0 Å². The van der Waals surface area contributed by atoms with E-state index in [1.807, 2.05) is 12.3 Å². The lowest BCUT2D eigenvalue weighted by molar-refractivity contribution is 0.661. The summed E-state index contributed by atoms with van der Waals surface area (Å²) in [6.45, 7) is 10.3. The van der Waals surface area contributed by atoms with E-state index in [2.05, 4.69) is 49.4 Å². The summed E-state index contributed by atoms with van der Waals surface area (Å²) in [6, 6.07) is 6.56. The fraction of sp³-hybridized carbons (Fsp3) is 0.235. The number of anilines is 1. The number of rotatable bonds is 3. The second-order valence-corrected chi connectivity index (χ2v) is 5.27. The third kappa shape index (κ3) is 1.78. The van der Waals surface area contributed by atoms with Crippen LogP contribution in [0.2, 0.25) is 0 Å². The van der Waals surface area contributed by atoms with Gasteiger partial charge in [0.1, 0.15) is 0 Å². The normalized spacial score (nSPS) is 11.4. The molecule has 0 amide bonds. The molecule has 3 aromatic rings. The number of aromatic nitrogens is 1. The third-order valence-corrected chi connectivity index (χ3v) is 3.63. The van der Waals surface area contributed by atoms with E-state index in [1.54, 1.807) is 12.4 Å². The second kappa shape index (κ2) is 4.67. The number of hydrogen-bond acceptors (Lipinski definition) is 3. The summed E-state index contributed by atoms with van der Waals surface area (Å²) in [7, 11) is 0. The van der Waals surface area contributed by atoms with Crippen molar-refractivity contribution in [1.82, 2.24) is 4.98 Å². The summed E-state index contributed by atoms with van der Waals surface area (Å²) < 4.78 is 6.05. The first-order valence-electron chi connectivity index (χ1n) is 6.80. The Hall–Kier alpha value is -2.29. The number of aryl methyl sites for hydroxylation is 1. The topological polar surface area (TPSA) is 29.3 Å². The Labute approximate surface area is 118 Å². The van der Waals surface area contributed by atoms with Crippen LogP contribution >= 0.6 is 0 Å². The maximum Gasteiger partial charge on any atom is 0.159 e. The minimum atomic E-state index is 0.322. The highest BCUT2D eigenvalue weighted by atomic mass is 16.3. The zero-order valence-electron chi connectivity index (χ0n) is 12.1. The Bertz CT molecular complexity index is 786. The van der Waals surface area contributed by atoms with Gasteiger partial charge in [0, 0.05) is 23.0 Å². The molecule has 0 aliphatic rings. The largest absolute Gasteiger partial charge is 0.452 e. The first-order valence-corrected chi connectivity index (χ1v) is 6.80. The quantitative estimate of drug-likeness (QED) is 0.691. The molecule has 0 saturated carbocycles. The van der Waals surface area contributed by atoms with Crippen LogP contribution in [0.3, 0.4) is 0 Å². The molecule has 0 saturated heterocycles. The molecule has 102 valence electrons. The minimum absolute atomic E-state index is 0.322. The van der Waals surface area contributed by atoms with Crippen molar-refractivity contribution < 1.29 is 4.42 Å². The van der Waals surface area contributed by atoms with Crippen LogP contribution < -0.4 is 4.90 Å². The number of benzene rings is 1. The number of furan rings is 1. The van der Waals surface area contributed by atoms with Crippen LogP contribution in [0.5, 0.6) is 0 Å². The molecular weight excluding hydrogens is 248 g/mol. The zero-order valence-corrected chi connectivity index (χ0v) is 12.1. The number of hydrogen-bond donors (Lipinski definition) is 0. The highest BCUT2D eigenvalue weighted by molar-refractivity contribution is 6.09. The summed E-state index contributed by atoms with van der Waals surface area (Å²) in [5.41, 5.74) is 3.99. The van der Waals surface area contributed by atoms with E-state index in [4.69, 9.17) is 4.42 Å². The molecule has 0 aliphatic carbocycles. The van der Waals surface area contributed by atoms with Gasteiger partial charge in [-0.3, -0.25) is 4.98 Å². The van der Waals surface area contributed by atoms with E-state index < -0.39 is 0 Å². The number of fused-ring (bicyclic) bond motifs is 3. The van der Waals surface area contributed by atoms with Crippen LogP contribution in [0.25, 0.3) is 21.9 Å². The van der Waals surface area contributed by atoms with Gasteiger partial charge in [-0.2, -0.15) is 0 Å². The zero-order chi connectivity index (χ0) is 14.3. The lowest BCUT2D eigenvalue weighted by Crippen LogP contribution is -2.25. The summed E-state index contributed by atoms with van der Waals surface area (Å²) in [5.74, 6) is 0. The molecular formula is C17H18N2O. The van der Waals surface area contributed by atoms with Crippen molar-refractivity contribution in [3.63, 3.8) is 0 Å². The molecule has 0 N–H and O–H groups in total. The average molecular weight is 266 g/mol. The molecule has 0 bridgehead atoms. The molecule has 2 aromatic heterocycles. The van der Waals surface area contributed by atoms with E-state index in [1.165, 1.54) is 5.56 Å². The molecule has 0 radical (unpaired) electrons. The molecule has 2 heterocycles. The van der Waals surface area contributed by atoms with Gasteiger partial charge >= 0.3 is 0 Å². The summed E-state index contributed by atoms with van der Waals surface area (Å²) >= 11 is 0. The number of pyridine rings is 1. The van der Waals surface area contributed by atoms with E-state index in [0.717, 1.165) is 27.6 Å². The van der Waals surface area contributed by atoms with Crippen LogP contribution in [0.1, 0.15) is 19.4 Å². The Morgan fingerprint density at radius 3 is 2.75 bits per heavy atom. The minimum Gasteiger partial charge on any atom is -0.452 e. The highest BCUT2D eigenvalue weighted by Gasteiger charge is 2.18. The molecule has 0 fully saturated rings. The fourth-order valence-corrected chi connectivity index (χ4v) is 2.66. The monoisotopic (exact) mass is 266 g/mol. The maximum atomic E-state index is 6.05. The van der Waals surface area contributed by atoms with Gasteiger partial charge in [-0.25, -0.2) is 0 Å². The predicted octanol–water partition coefficient (Wildman–Crippen LogP) is 4.65. The van der Waals surface area contributed by atoms with Gasteiger partial charge in [0.2, 0.25) is 0 Å². The van der Waals surface area contributed by atoms with Crippen molar-refractivity contribution in [1.29, 1.82) is 0 Å². The lowest BCUT2D eigenvalue weighted by atomic mass is 10.1. The molecule has 1 aromatic carbocycles. The third-order valence-electron chi connectivity index (χ3n) is 3.63. The van der Waals surface area contributed by atoms with Crippen LogP contribution in [0, 0.1) is 6.92 Å². The maximum absolute atomic E-state index is 6.05. The van der Waals surface area contributed by atoms with Crippen molar-refractivity contribution in [3.05, 3.63) is 48.9 Å². The molecule has 0 aliphatic heterocycles. The Kier molecular flexibility index (Phi) is 2.97. The van der Waals surface area contributed by atoms with Gasteiger partial charge < -0.3 is 9.32 Å². The predicted molar refractivity (Wildman–Crippen MR) is 84.1 cm³/mol. The van der Waals surface area contributed by atoms with E-state index in [-0.39, 0.29) is 0 Å². The average Bonchev–Trinajstić information content (AvgIpc) is 2.80. The first kappa shape index (κ1) is 12.7. The van der Waals surface area contributed by atoms with Crippen molar-refractivity contribution in [3.8, 4) is 0 Å². The summed E-state index contributed by atoms with van der Waals surface area (Å²) in [5, 5.41) is 2.22. The second-order valence-electron chi connectivity index (χ2n) is 5.27. The van der Waals surface area contributed by atoms with Gasteiger partial charge in [0.05, 0.1) is 11.9 Å². The number of nitrogens with zero attached hydrogens (tertiary/aromatic N) is 2. The van der Waals surface area contributed by atoms with Crippen molar-refractivity contribution >= 4 is 27.6 Å². The Morgan fingerprint density at radius 2 is 2.05 bits per heavy atom. The van der Waals surface area contributed by atoms with Crippen LogP contribution in [0.4, 0.5) is 5.69 Å². The van der Waals surface area contributed by atoms with Crippen molar-refractivity contribution in [2.75, 3.05) is 4.90 Å². The molecule has 20 heavy (non-hydrogen) atoms. The van der Waals surface area contributed by atoms with Gasteiger partial charge in [-0.1, -0.05) is 18.7 Å². The van der Waals surface area contributed by atoms with E-state index in [9.17, 15) is 0 Å². The van der Waals surface area contributed by atoms with Gasteiger partial charge in [-0.15, -0.1) is 0 Å². The Morgan fingerprint density at radius 1 is 1.25 bits per heavy atom. The molecule has 0 spiro atoms. The lowest BCUT2D eigenvalue weighted by Gasteiger charge is -2.26. The van der Waals surface area contributed by atoms with Crippen LogP contribution in [-0.2, 0) is 0 Å².